The standard InChI is InChI=1S/C16H11ClN2O2S/c1-9(20)10-2-4-11(5-3-10)15(21)19-16-18-13-7-6-12(17)8-14(13)22-16/h2-8H,1H3,(H,18,19,21). The van der Waals surface area contributed by atoms with Gasteiger partial charge in [-0.15, -0.1) is 0 Å². The van der Waals surface area contributed by atoms with Gasteiger partial charge in [-0.3, -0.25) is 14.9 Å². The van der Waals surface area contributed by atoms with Gasteiger partial charge >= 0.3 is 0 Å². The first-order valence-electron chi connectivity index (χ1n) is 6.51. The molecule has 0 fully saturated rings. The van der Waals surface area contributed by atoms with E-state index >= 15 is 0 Å². The van der Waals surface area contributed by atoms with Gasteiger partial charge in [-0.2, -0.15) is 0 Å². The van der Waals surface area contributed by atoms with Crippen LogP contribution in [0.15, 0.2) is 42.5 Å². The normalized spacial score (nSPS) is 10.6. The van der Waals surface area contributed by atoms with Crippen LogP contribution in [0.4, 0.5) is 5.13 Å². The fraction of sp³-hybridized carbons (Fsp3) is 0.0625. The van der Waals surface area contributed by atoms with Crippen molar-refractivity contribution in [2.45, 2.75) is 6.92 Å². The number of hydrogen-bond donors (Lipinski definition) is 1. The van der Waals surface area contributed by atoms with Crippen molar-refractivity contribution in [1.82, 2.24) is 4.98 Å². The Morgan fingerprint density at radius 1 is 1.09 bits per heavy atom. The summed E-state index contributed by atoms with van der Waals surface area (Å²) in [7, 11) is 0. The molecule has 22 heavy (non-hydrogen) atoms. The number of ketones is 1. The van der Waals surface area contributed by atoms with Gasteiger partial charge in [0.2, 0.25) is 0 Å². The van der Waals surface area contributed by atoms with Crippen molar-refractivity contribution in [3.05, 3.63) is 58.6 Å². The molecule has 1 heterocycles. The van der Waals surface area contributed by atoms with Gasteiger partial charge in [0.15, 0.2) is 10.9 Å². The van der Waals surface area contributed by atoms with E-state index in [1.54, 1.807) is 30.3 Å². The zero-order valence-corrected chi connectivity index (χ0v) is 13.2. The summed E-state index contributed by atoms with van der Waals surface area (Å²) in [6, 6.07) is 11.9. The van der Waals surface area contributed by atoms with E-state index in [2.05, 4.69) is 10.3 Å². The summed E-state index contributed by atoms with van der Waals surface area (Å²) in [5.41, 5.74) is 1.84. The van der Waals surface area contributed by atoms with Gasteiger partial charge in [0.1, 0.15) is 0 Å². The Labute approximate surface area is 135 Å². The van der Waals surface area contributed by atoms with E-state index < -0.39 is 0 Å². The molecule has 0 bridgehead atoms. The number of nitrogens with zero attached hydrogens (tertiary/aromatic N) is 1. The zero-order chi connectivity index (χ0) is 15.7. The van der Waals surface area contributed by atoms with Crippen LogP contribution in [0, 0.1) is 0 Å². The number of anilines is 1. The maximum atomic E-state index is 12.2. The van der Waals surface area contributed by atoms with Crippen molar-refractivity contribution in [2.24, 2.45) is 0 Å². The fourth-order valence-electron chi connectivity index (χ4n) is 1.98. The molecule has 0 saturated carbocycles. The van der Waals surface area contributed by atoms with E-state index in [1.165, 1.54) is 18.3 Å². The molecule has 3 rings (SSSR count). The molecule has 0 spiro atoms. The Morgan fingerprint density at radius 3 is 2.45 bits per heavy atom. The van der Waals surface area contributed by atoms with Crippen LogP contribution in [0.2, 0.25) is 5.02 Å². The van der Waals surface area contributed by atoms with Gasteiger partial charge in [0.25, 0.3) is 5.91 Å². The summed E-state index contributed by atoms with van der Waals surface area (Å²) < 4.78 is 0.912. The lowest BCUT2D eigenvalue weighted by molar-refractivity contribution is 0.101. The number of halogens is 1. The van der Waals surface area contributed by atoms with Gasteiger partial charge in [0, 0.05) is 16.1 Å². The molecule has 110 valence electrons. The first-order chi connectivity index (χ1) is 10.5. The first kappa shape index (κ1) is 14.7. The van der Waals surface area contributed by atoms with Crippen molar-refractivity contribution in [2.75, 3.05) is 5.32 Å². The third-order valence-corrected chi connectivity index (χ3v) is 4.29. The van der Waals surface area contributed by atoms with E-state index in [-0.39, 0.29) is 11.7 Å². The Bertz CT molecular complexity index is 871. The van der Waals surface area contributed by atoms with E-state index in [9.17, 15) is 9.59 Å². The van der Waals surface area contributed by atoms with E-state index in [4.69, 9.17) is 11.6 Å². The van der Waals surface area contributed by atoms with Crippen molar-refractivity contribution in [3.8, 4) is 0 Å². The quantitative estimate of drug-likeness (QED) is 0.724. The molecule has 3 aromatic rings. The third kappa shape index (κ3) is 3.00. The van der Waals surface area contributed by atoms with Crippen LogP contribution < -0.4 is 5.32 Å². The lowest BCUT2D eigenvalue weighted by atomic mass is 10.1. The molecule has 6 heteroatoms. The average Bonchev–Trinajstić information content (AvgIpc) is 2.88. The van der Waals surface area contributed by atoms with Crippen LogP contribution in [0.5, 0.6) is 0 Å². The molecular formula is C16H11ClN2O2S. The number of carbonyl (C=O) groups is 2. The smallest absolute Gasteiger partial charge is 0.257 e. The maximum absolute atomic E-state index is 12.2. The molecule has 1 aromatic heterocycles. The second-order valence-corrected chi connectivity index (χ2v) is 6.19. The molecule has 0 saturated heterocycles. The summed E-state index contributed by atoms with van der Waals surface area (Å²) in [5, 5.41) is 3.90. The molecular weight excluding hydrogens is 320 g/mol. The van der Waals surface area contributed by atoms with Crippen LogP contribution in [0.3, 0.4) is 0 Å². The largest absolute Gasteiger partial charge is 0.298 e. The number of carbonyl (C=O) groups excluding carboxylic acids is 2. The minimum Gasteiger partial charge on any atom is -0.298 e. The Kier molecular flexibility index (Phi) is 3.92. The van der Waals surface area contributed by atoms with Crippen LogP contribution in [0.25, 0.3) is 10.2 Å². The first-order valence-corrected chi connectivity index (χ1v) is 7.71. The lowest BCUT2D eigenvalue weighted by Gasteiger charge is -2.02. The number of benzene rings is 2. The second kappa shape index (κ2) is 5.87. The highest BCUT2D eigenvalue weighted by Crippen LogP contribution is 2.28. The van der Waals surface area contributed by atoms with Gasteiger partial charge in [-0.05, 0) is 37.3 Å². The molecule has 4 nitrogen and oxygen atoms in total. The Hall–Kier alpha value is -2.24. The lowest BCUT2D eigenvalue weighted by Crippen LogP contribution is -2.11. The number of aromatic nitrogens is 1. The van der Waals surface area contributed by atoms with Gasteiger partial charge in [-0.1, -0.05) is 35.1 Å². The Balaban J connectivity index is 1.81. The molecule has 0 aliphatic rings. The number of amides is 1. The van der Waals surface area contributed by atoms with Crippen molar-refractivity contribution < 1.29 is 9.59 Å². The van der Waals surface area contributed by atoms with E-state index in [0.717, 1.165) is 10.2 Å². The number of hydrogen-bond acceptors (Lipinski definition) is 4. The zero-order valence-electron chi connectivity index (χ0n) is 11.6. The number of rotatable bonds is 3. The Morgan fingerprint density at radius 2 is 1.77 bits per heavy atom. The summed E-state index contributed by atoms with van der Waals surface area (Å²) in [4.78, 5) is 27.7. The molecule has 2 aromatic carbocycles. The second-order valence-electron chi connectivity index (χ2n) is 4.72. The summed E-state index contributed by atoms with van der Waals surface area (Å²) in [6.07, 6.45) is 0. The highest BCUT2D eigenvalue weighted by atomic mass is 35.5. The number of Topliss-reactive ketones (excluding diaryl/α,β-unsaturated/α-hetero) is 1. The predicted molar refractivity (Wildman–Crippen MR) is 89.0 cm³/mol. The third-order valence-electron chi connectivity index (χ3n) is 3.12. The number of nitrogens with one attached hydrogen (secondary N) is 1. The van der Waals surface area contributed by atoms with E-state index in [1.807, 2.05) is 12.1 Å². The summed E-state index contributed by atoms with van der Waals surface area (Å²) in [6.45, 7) is 1.49. The summed E-state index contributed by atoms with van der Waals surface area (Å²) in [5.74, 6) is -0.296. The number of thiazole rings is 1. The molecule has 0 aliphatic heterocycles. The number of fused-ring (bicyclic) bond motifs is 1. The molecule has 0 radical (unpaired) electrons. The molecule has 0 atom stereocenters. The van der Waals surface area contributed by atoms with Crippen LogP contribution in [-0.2, 0) is 0 Å². The highest BCUT2D eigenvalue weighted by molar-refractivity contribution is 7.22. The van der Waals surface area contributed by atoms with E-state index in [0.29, 0.717) is 21.3 Å². The van der Waals surface area contributed by atoms with Crippen molar-refractivity contribution >= 4 is 50.0 Å². The average molecular weight is 331 g/mol. The maximum Gasteiger partial charge on any atom is 0.257 e. The van der Waals surface area contributed by atoms with Crippen molar-refractivity contribution in [3.63, 3.8) is 0 Å². The SMILES string of the molecule is CC(=O)c1ccc(C(=O)Nc2nc3ccc(Cl)cc3s2)cc1. The molecule has 0 aliphatic carbocycles. The predicted octanol–water partition coefficient (Wildman–Crippen LogP) is 4.40. The van der Waals surface area contributed by atoms with Gasteiger partial charge in [-0.25, -0.2) is 4.98 Å². The van der Waals surface area contributed by atoms with Crippen LogP contribution >= 0.6 is 22.9 Å². The van der Waals surface area contributed by atoms with Crippen LogP contribution in [-0.4, -0.2) is 16.7 Å². The van der Waals surface area contributed by atoms with Gasteiger partial charge in [0.05, 0.1) is 10.2 Å². The minimum atomic E-state index is -0.264. The summed E-state index contributed by atoms with van der Waals surface area (Å²) >= 11 is 7.29. The monoisotopic (exact) mass is 330 g/mol. The molecule has 0 unspecified atom stereocenters. The highest BCUT2D eigenvalue weighted by Gasteiger charge is 2.10. The van der Waals surface area contributed by atoms with Gasteiger partial charge < -0.3 is 0 Å². The minimum absolute atomic E-state index is 0.0324. The van der Waals surface area contributed by atoms with Crippen molar-refractivity contribution in [1.29, 1.82) is 0 Å². The van der Waals surface area contributed by atoms with Crippen LogP contribution in [0.1, 0.15) is 27.6 Å². The molecule has 1 amide bonds. The fourth-order valence-corrected chi connectivity index (χ4v) is 3.11. The molecule has 1 N–H and O–H groups in total. The topological polar surface area (TPSA) is 59.1 Å².